The Labute approximate surface area is 360 Å². The summed E-state index contributed by atoms with van der Waals surface area (Å²) in [6.07, 6.45) is 7.94. The molecule has 1 unspecified atom stereocenters. The lowest BCUT2D eigenvalue weighted by atomic mass is 9.85. The number of rotatable bonds is 12. The molecule has 0 spiro atoms. The van der Waals surface area contributed by atoms with E-state index in [1.807, 2.05) is 94.4 Å². The Morgan fingerprint density at radius 3 is 2.00 bits per heavy atom. The quantitative estimate of drug-likeness (QED) is 0.0908. The normalized spacial score (nSPS) is 15.0. The van der Waals surface area contributed by atoms with E-state index >= 15 is 0 Å². The molecule has 7 rings (SSSR count). The summed E-state index contributed by atoms with van der Waals surface area (Å²) < 4.78 is 9.61. The van der Waals surface area contributed by atoms with Crippen LogP contribution in [0, 0.1) is 25.2 Å². The molecular formula is C48H48N8O6. The van der Waals surface area contributed by atoms with Crippen LogP contribution in [0.5, 0.6) is 0 Å². The summed E-state index contributed by atoms with van der Waals surface area (Å²) in [5, 5.41) is 5.38. The average molecular weight is 833 g/mol. The summed E-state index contributed by atoms with van der Waals surface area (Å²) in [5.74, 6) is 2.70. The molecule has 2 aromatic heterocycles. The van der Waals surface area contributed by atoms with E-state index in [9.17, 15) is 19.2 Å². The van der Waals surface area contributed by atoms with Crippen LogP contribution in [0.3, 0.4) is 0 Å². The number of methoxy groups -OCH3 is 2. The number of fused-ring (bicyclic) bond motifs is 1. The van der Waals surface area contributed by atoms with Gasteiger partial charge in [0.25, 0.3) is 5.91 Å². The maximum atomic E-state index is 14.1. The minimum atomic E-state index is -0.877. The van der Waals surface area contributed by atoms with E-state index in [0.29, 0.717) is 22.9 Å². The first-order valence-electron chi connectivity index (χ1n) is 20.2. The van der Waals surface area contributed by atoms with E-state index in [1.165, 1.54) is 19.1 Å². The van der Waals surface area contributed by atoms with Crippen LogP contribution in [0.15, 0.2) is 103 Å². The molecule has 0 aliphatic carbocycles. The molecule has 14 heteroatoms. The molecule has 316 valence electrons. The van der Waals surface area contributed by atoms with Gasteiger partial charge in [0.05, 0.1) is 62.5 Å². The highest BCUT2D eigenvalue weighted by molar-refractivity contribution is 6.03. The lowest BCUT2D eigenvalue weighted by Crippen LogP contribution is -2.54. The third-order valence-electron chi connectivity index (χ3n) is 11.1. The Bertz CT molecular complexity index is 2640. The van der Waals surface area contributed by atoms with Gasteiger partial charge in [0.15, 0.2) is 0 Å². The number of terminal acetylenes is 1. The number of ether oxygens (including phenoxy) is 2. The summed E-state index contributed by atoms with van der Waals surface area (Å²) in [7, 11) is 2.53. The number of nitrogens with one attached hydrogen (secondary N) is 4. The molecule has 0 bridgehead atoms. The van der Waals surface area contributed by atoms with Crippen LogP contribution in [0.1, 0.15) is 55.0 Å². The number of carbonyl (C=O) groups excluding carboxylic acids is 4. The first-order chi connectivity index (χ1) is 29.9. The zero-order chi connectivity index (χ0) is 44.1. The van der Waals surface area contributed by atoms with Gasteiger partial charge in [-0.15, -0.1) is 6.42 Å². The van der Waals surface area contributed by atoms with E-state index in [1.54, 1.807) is 41.6 Å². The van der Waals surface area contributed by atoms with Gasteiger partial charge >= 0.3 is 12.2 Å². The van der Waals surface area contributed by atoms with Crippen LogP contribution in [0.2, 0.25) is 0 Å². The zero-order valence-electron chi connectivity index (χ0n) is 35.4. The van der Waals surface area contributed by atoms with Crippen molar-refractivity contribution in [2.45, 2.75) is 58.8 Å². The summed E-state index contributed by atoms with van der Waals surface area (Å²) in [6, 6.07) is 27.5. The summed E-state index contributed by atoms with van der Waals surface area (Å²) in [4.78, 5) is 71.4. The number of imidazole rings is 2. The molecule has 4 amide bonds. The second-order valence-electron chi connectivity index (χ2n) is 15.4. The lowest BCUT2D eigenvalue weighted by molar-refractivity contribution is -0.122. The third kappa shape index (κ3) is 8.78. The second kappa shape index (κ2) is 18.3. The fourth-order valence-electron chi connectivity index (χ4n) is 7.76. The molecule has 62 heavy (non-hydrogen) atoms. The van der Waals surface area contributed by atoms with E-state index in [4.69, 9.17) is 15.9 Å². The van der Waals surface area contributed by atoms with Crippen molar-refractivity contribution in [2.75, 3.05) is 24.0 Å². The molecule has 3 heterocycles. The van der Waals surface area contributed by atoms with Crippen LogP contribution in [-0.4, -0.2) is 70.2 Å². The maximum absolute atomic E-state index is 14.1. The first-order valence-corrected chi connectivity index (χ1v) is 20.2. The molecule has 0 saturated carbocycles. The number of aryl methyl sites for hydroxylation is 1. The standard InChI is InChI=1S/C48H48N8O6/c1-8-31-13-9-10-15-39(31)55(45(57)42(28(2)3)53-47(59)61-6)26-40-49-24-37(51-40)34-20-16-32(17-21-34)33-18-22-35(23-19-33)38-25-50-41(52-38)27-56-44-29(4)12-11-14-36(44)30(5)43(46(56)58)54-48(60)62-7/h1,9-25,28,30,42-43H,26-27H2,2-7H3,(H,49,51)(H,50,52)(H,53,59)(H,54,60)/t30?,42-,43-/m0/s1. The number of H-pyrrole nitrogens is 2. The van der Waals surface area contributed by atoms with Crippen molar-refractivity contribution in [3.8, 4) is 46.0 Å². The minimum absolute atomic E-state index is 0.0735. The summed E-state index contributed by atoms with van der Waals surface area (Å²) in [5.41, 5.74) is 9.18. The molecule has 1 aliphatic heterocycles. The van der Waals surface area contributed by atoms with E-state index in [2.05, 4.69) is 36.5 Å². The number of carbonyl (C=O) groups is 4. The molecule has 0 fully saturated rings. The Morgan fingerprint density at radius 2 is 1.40 bits per heavy atom. The average Bonchev–Trinajstić information content (AvgIpc) is 3.97. The molecule has 3 atom stereocenters. The molecule has 14 nitrogen and oxygen atoms in total. The van der Waals surface area contributed by atoms with Crippen molar-refractivity contribution < 1.29 is 28.7 Å². The Hall–Kier alpha value is -7.66. The minimum Gasteiger partial charge on any atom is -0.453 e. The third-order valence-corrected chi connectivity index (χ3v) is 11.1. The molecule has 0 saturated heterocycles. The predicted molar refractivity (Wildman–Crippen MR) is 237 cm³/mol. The van der Waals surface area contributed by atoms with Gasteiger partial charge in [0.1, 0.15) is 23.7 Å². The molecule has 4 aromatic carbocycles. The van der Waals surface area contributed by atoms with Crippen molar-refractivity contribution >= 4 is 35.4 Å². The van der Waals surface area contributed by atoms with Gasteiger partial charge in [-0.2, -0.15) is 0 Å². The van der Waals surface area contributed by atoms with E-state index in [-0.39, 0.29) is 36.7 Å². The van der Waals surface area contributed by atoms with Gasteiger partial charge in [-0.3, -0.25) is 9.59 Å². The van der Waals surface area contributed by atoms with Crippen LogP contribution in [-0.2, 0) is 32.2 Å². The highest BCUT2D eigenvalue weighted by atomic mass is 16.5. The molecule has 6 aromatic rings. The molecule has 0 radical (unpaired) electrons. The molecule has 4 N–H and O–H groups in total. The fraction of sp³-hybridized carbons (Fsp3) is 0.250. The number of benzene rings is 4. The number of anilines is 2. The second-order valence-corrected chi connectivity index (χ2v) is 15.4. The first kappa shape index (κ1) is 42.5. The molecular weight excluding hydrogens is 785 g/mol. The van der Waals surface area contributed by atoms with Gasteiger partial charge in [-0.25, -0.2) is 19.6 Å². The Balaban J connectivity index is 1.05. The van der Waals surface area contributed by atoms with Gasteiger partial charge in [0.2, 0.25) is 5.91 Å². The van der Waals surface area contributed by atoms with Gasteiger partial charge in [-0.1, -0.05) is 106 Å². The van der Waals surface area contributed by atoms with Crippen molar-refractivity contribution in [3.05, 3.63) is 132 Å². The molecule has 1 aliphatic rings. The fourth-order valence-corrected chi connectivity index (χ4v) is 7.76. The van der Waals surface area contributed by atoms with Crippen LogP contribution < -0.4 is 20.4 Å². The van der Waals surface area contributed by atoms with E-state index < -0.39 is 24.3 Å². The van der Waals surface area contributed by atoms with Gasteiger partial charge in [-0.05, 0) is 58.4 Å². The number of nitrogens with zero attached hydrogens (tertiary/aromatic N) is 4. The lowest BCUT2D eigenvalue weighted by Gasteiger charge is -2.38. The number of hydrogen-bond acceptors (Lipinski definition) is 8. The van der Waals surface area contributed by atoms with Gasteiger partial charge in [0, 0.05) is 11.5 Å². The topological polar surface area (TPSA) is 175 Å². The zero-order valence-corrected chi connectivity index (χ0v) is 35.4. The number of aromatic amines is 2. The van der Waals surface area contributed by atoms with Crippen LogP contribution in [0.25, 0.3) is 33.6 Å². The highest BCUT2D eigenvalue weighted by Crippen LogP contribution is 2.39. The van der Waals surface area contributed by atoms with Crippen molar-refractivity contribution in [1.29, 1.82) is 0 Å². The Kier molecular flexibility index (Phi) is 12.5. The monoisotopic (exact) mass is 832 g/mol. The summed E-state index contributed by atoms with van der Waals surface area (Å²) >= 11 is 0. The van der Waals surface area contributed by atoms with Crippen molar-refractivity contribution in [1.82, 2.24) is 30.6 Å². The number of aromatic nitrogens is 4. The number of alkyl carbamates (subject to hydrolysis) is 2. The van der Waals surface area contributed by atoms with Crippen LogP contribution >= 0.6 is 0 Å². The summed E-state index contributed by atoms with van der Waals surface area (Å²) in [6.45, 7) is 7.84. The Morgan fingerprint density at radius 1 is 0.823 bits per heavy atom. The number of para-hydroxylation sites is 2. The highest BCUT2D eigenvalue weighted by Gasteiger charge is 2.40. The largest absolute Gasteiger partial charge is 0.453 e. The maximum Gasteiger partial charge on any atom is 0.407 e. The van der Waals surface area contributed by atoms with Crippen molar-refractivity contribution in [2.24, 2.45) is 5.92 Å². The SMILES string of the molecule is C#Cc1ccccc1N(Cc1ncc(-c2ccc(-c3ccc(-c4cnc(CN5C(=O)[C@@H](NC(=O)OC)C(C)c6cccc(C)c65)[nH]4)cc3)cc2)[nH]1)C(=O)[C@@H](NC(=O)OC)C(C)C. The smallest absolute Gasteiger partial charge is 0.407 e. The number of hydrogen-bond donors (Lipinski definition) is 4. The van der Waals surface area contributed by atoms with E-state index in [0.717, 1.165) is 50.5 Å². The number of amides is 4. The van der Waals surface area contributed by atoms with Crippen LogP contribution in [0.4, 0.5) is 21.0 Å². The van der Waals surface area contributed by atoms with Gasteiger partial charge < -0.3 is 39.9 Å². The predicted octanol–water partition coefficient (Wildman–Crippen LogP) is 7.71. The van der Waals surface area contributed by atoms with Crippen molar-refractivity contribution in [3.63, 3.8) is 0 Å².